The molecule has 0 radical (unpaired) electrons. The van der Waals surface area contributed by atoms with Crippen LogP contribution in [-0.4, -0.2) is 50.6 Å². The zero-order valence-electron chi connectivity index (χ0n) is 15.6. The van der Waals surface area contributed by atoms with Crippen LogP contribution in [0.2, 0.25) is 0 Å². The van der Waals surface area contributed by atoms with Crippen LogP contribution in [0.4, 0.5) is 5.69 Å². The van der Waals surface area contributed by atoms with Crippen molar-refractivity contribution >= 4 is 11.6 Å². The maximum absolute atomic E-state index is 12.7. The Bertz CT molecular complexity index is 492. The van der Waals surface area contributed by atoms with Gasteiger partial charge in [0.2, 0.25) is 0 Å². The fraction of sp³-hybridized carbons (Fsp3) is 0.650. The third kappa shape index (κ3) is 5.23. The number of rotatable bonds is 8. The van der Waals surface area contributed by atoms with E-state index in [0.29, 0.717) is 5.92 Å². The number of likely N-dealkylation sites (tertiary alicyclic amines) is 1. The van der Waals surface area contributed by atoms with E-state index < -0.39 is 0 Å². The lowest BCUT2D eigenvalue weighted by Gasteiger charge is -2.32. The molecule has 1 amide bonds. The van der Waals surface area contributed by atoms with Gasteiger partial charge in [-0.3, -0.25) is 4.79 Å². The van der Waals surface area contributed by atoms with Crippen LogP contribution in [0.25, 0.3) is 0 Å². The van der Waals surface area contributed by atoms with E-state index in [9.17, 15) is 4.79 Å². The number of anilines is 1. The van der Waals surface area contributed by atoms with Crippen LogP contribution < -0.4 is 10.2 Å². The molecule has 1 saturated heterocycles. The fourth-order valence-corrected chi connectivity index (χ4v) is 3.25. The number of nitrogens with one attached hydrogen (secondary N) is 1. The van der Waals surface area contributed by atoms with Crippen molar-refractivity contribution in [2.24, 2.45) is 5.92 Å². The largest absolute Gasteiger partial charge is 0.375 e. The molecular weight excluding hydrogens is 298 g/mol. The summed E-state index contributed by atoms with van der Waals surface area (Å²) in [5.74, 6) is 0.892. The molecule has 4 heteroatoms. The summed E-state index contributed by atoms with van der Waals surface area (Å²) < 4.78 is 0. The molecule has 0 aliphatic carbocycles. The summed E-state index contributed by atoms with van der Waals surface area (Å²) in [6, 6.07) is 8.09. The van der Waals surface area contributed by atoms with Gasteiger partial charge in [0.25, 0.3) is 5.91 Å². The maximum atomic E-state index is 12.7. The number of piperidine rings is 1. The van der Waals surface area contributed by atoms with E-state index in [1.165, 1.54) is 18.5 Å². The van der Waals surface area contributed by atoms with Crippen molar-refractivity contribution in [1.82, 2.24) is 10.2 Å². The summed E-state index contributed by atoms with van der Waals surface area (Å²) in [5.41, 5.74) is 2.00. The van der Waals surface area contributed by atoms with Gasteiger partial charge >= 0.3 is 0 Å². The summed E-state index contributed by atoms with van der Waals surface area (Å²) in [5, 5.41) is 3.42. The smallest absolute Gasteiger partial charge is 0.253 e. The van der Waals surface area contributed by atoms with Crippen molar-refractivity contribution in [3.05, 3.63) is 29.8 Å². The molecule has 1 N–H and O–H groups in total. The quantitative estimate of drug-likeness (QED) is 0.793. The fourth-order valence-electron chi connectivity index (χ4n) is 3.25. The highest BCUT2D eigenvalue weighted by atomic mass is 16.2. The number of hydrogen-bond acceptors (Lipinski definition) is 3. The highest BCUT2D eigenvalue weighted by Crippen LogP contribution is 2.20. The predicted molar refractivity (Wildman–Crippen MR) is 102 cm³/mol. The van der Waals surface area contributed by atoms with Crippen molar-refractivity contribution in [2.75, 3.05) is 44.7 Å². The molecular formula is C20H33N3O. The number of amides is 1. The Balaban J connectivity index is 1.87. The molecule has 1 aromatic carbocycles. The predicted octanol–water partition coefficient (Wildman–Crippen LogP) is 3.38. The van der Waals surface area contributed by atoms with E-state index in [-0.39, 0.29) is 5.91 Å². The Morgan fingerprint density at radius 1 is 1.21 bits per heavy atom. The molecule has 0 aromatic heterocycles. The van der Waals surface area contributed by atoms with E-state index >= 15 is 0 Å². The van der Waals surface area contributed by atoms with Crippen molar-refractivity contribution in [2.45, 2.75) is 39.5 Å². The molecule has 0 unspecified atom stereocenters. The summed E-state index contributed by atoms with van der Waals surface area (Å²) in [4.78, 5) is 16.9. The minimum atomic E-state index is 0.180. The standard InChI is InChI=1S/C20H33N3O/c1-4-6-13-22(3)19-9-7-18(8-10-19)20(24)23-14-11-17(12-15-23)16-21-5-2/h7-10,17,21H,4-6,11-16H2,1-3H3. The number of carbonyl (C=O) groups excluding carboxylic acids is 1. The average molecular weight is 332 g/mol. The van der Waals surface area contributed by atoms with Crippen LogP contribution in [-0.2, 0) is 0 Å². The molecule has 1 heterocycles. The monoisotopic (exact) mass is 331 g/mol. The van der Waals surface area contributed by atoms with Gasteiger partial charge in [0.1, 0.15) is 0 Å². The third-order valence-electron chi connectivity index (χ3n) is 4.99. The summed E-state index contributed by atoms with van der Waals surface area (Å²) in [6.45, 7) is 9.28. The van der Waals surface area contributed by atoms with Crippen LogP contribution in [0.3, 0.4) is 0 Å². The van der Waals surface area contributed by atoms with Gasteiger partial charge in [-0.25, -0.2) is 0 Å². The van der Waals surface area contributed by atoms with Crippen molar-refractivity contribution in [3.63, 3.8) is 0 Å². The Morgan fingerprint density at radius 3 is 2.46 bits per heavy atom. The lowest BCUT2D eigenvalue weighted by atomic mass is 9.96. The zero-order valence-corrected chi connectivity index (χ0v) is 15.6. The first-order valence-corrected chi connectivity index (χ1v) is 9.46. The SMILES string of the molecule is CCCCN(C)c1ccc(C(=O)N2CCC(CNCC)CC2)cc1. The van der Waals surface area contributed by atoms with Crippen LogP contribution in [0, 0.1) is 5.92 Å². The van der Waals surface area contributed by atoms with Crippen molar-refractivity contribution in [1.29, 1.82) is 0 Å². The van der Waals surface area contributed by atoms with Gasteiger partial charge in [-0.2, -0.15) is 0 Å². The molecule has 1 aliphatic heterocycles. The Morgan fingerprint density at radius 2 is 1.88 bits per heavy atom. The second-order valence-corrected chi connectivity index (χ2v) is 6.87. The molecule has 1 aliphatic rings. The molecule has 24 heavy (non-hydrogen) atoms. The molecule has 1 fully saturated rings. The second-order valence-electron chi connectivity index (χ2n) is 6.87. The van der Waals surface area contributed by atoms with E-state index in [2.05, 4.69) is 43.2 Å². The molecule has 134 valence electrons. The number of nitrogens with zero attached hydrogens (tertiary/aromatic N) is 2. The van der Waals surface area contributed by atoms with Crippen LogP contribution in [0.5, 0.6) is 0 Å². The Hall–Kier alpha value is -1.55. The van der Waals surface area contributed by atoms with Gasteiger partial charge in [-0.1, -0.05) is 20.3 Å². The van der Waals surface area contributed by atoms with Crippen LogP contribution >= 0.6 is 0 Å². The molecule has 4 nitrogen and oxygen atoms in total. The highest BCUT2D eigenvalue weighted by molar-refractivity contribution is 5.94. The minimum absolute atomic E-state index is 0.180. The molecule has 0 bridgehead atoms. The van der Waals surface area contributed by atoms with Gasteiger partial charge < -0.3 is 15.1 Å². The number of unbranched alkanes of at least 4 members (excludes halogenated alkanes) is 1. The molecule has 0 atom stereocenters. The summed E-state index contributed by atoms with van der Waals surface area (Å²) >= 11 is 0. The second kappa shape index (κ2) is 9.67. The Kier molecular flexibility index (Phi) is 7.57. The normalized spacial score (nSPS) is 15.5. The lowest BCUT2D eigenvalue weighted by Crippen LogP contribution is -2.40. The maximum Gasteiger partial charge on any atom is 0.253 e. The van der Waals surface area contributed by atoms with E-state index in [1.807, 2.05) is 17.0 Å². The zero-order chi connectivity index (χ0) is 17.4. The molecule has 0 saturated carbocycles. The molecule has 1 aromatic rings. The molecule has 2 rings (SSSR count). The van der Waals surface area contributed by atoms with Gasteiger partial charge in [-0.15, -0.1) is 0 Å². The number of carbonyl (C=O) groups is 1. The summed E-state index contributed by atoms with van der Waals surface area (Å²) in [7, 11) is 2.11. The molecule has 0 spiro atoms. The summed E-state index contributed by atoms with van der Waals surface area (Å²) in [6.07, 6.45) is 4.61. The number of hydrogen-bond donors (Lipinski definition) is 1. The number of benzene rings is 1. The van der Waals surface area contributed by atoms with E-state index in [0.717, 1.165) is 51.1 Å². The third-order valence-corrected chi connectivity index (χ3v) is 4.99. The van der Waals surface area contributed by atoms with Crippen LogP contribution in [0.1, 0.15) is 49.9 Å². The minimum Gasteiger partial charge on any atom is -0.375 e. The topological polar surface area (TPSA) is 35.6 Å². The Labute approximate surface area is 147 Å². The van der Waals surface area contributed by atoms with Gasteiger partial charge in [0, 0.05) is 37.9 Å². The highest BCUT2D eigenvalue weighted by Gasteiger charge is 2.23. The van der Waals surface area contributed by atoms with Gasteiger partial charge in [0.15, 0.2) is 0 Å². The van der Waals surface area contributed by atoms with Gasteiger partial charge in [0.05, 0.1) is 0 Å². The first-order valence-electron chi connectivity index (χ1n) is 9.46. The van der Waals surface area contributed by atoms with E-state index in [4.69, 9.17) is 0 Å². The first-order chi connectivity index (χ1) is 11.7. The lowest BCUT2D eigenvalue weighted by molar-refractivity contribution is 0.0690. The van der Waals surface area contributed by atoms with Crippen molar-refractivity contribution in [3.8, 4) is 0 Å². The van der Waals surface area contributed by atoms with Gasteiger partial charge in [-0.05, 0) is 62.5 Å². The first kappa shape index (κ1) is 18.8. The van der Waals surface area contributed by atoms with E-state index in [1.54, 1.807) is 0 Å². The average Bonchev–Trinajstić information content (AvgIpc) is 2.64. The van der Waals surface area contributed by atoms with Crippen molar-refractivity contribution < 1.29 is 4.79 Å². The van der Waals surface area contributed by atoms with Crippen LogP contribution in [0.15, 0.2) is 24.3 Å².